The zero-order valence-corrected chi connectivity index (χ0v) is 11.2. The lowest BCUT2D eigenvalue weighted by molar-refractivity contribution is -0.141. The van der Waals surface area contributed by atoms with Gasteiger partial charge in [-0.25, -0.2) is 4.79 Å². The molecule has 0 heterocycles. The van der Waals surface area contributed by atoms with Crippen LogP contribution in [0.2, 0.25) is 0 Å². The number of hydrogen-bond acceptors (Lipinski definition) is 2. The van der Waals surface area contributed by atoms with E-state index in [2.05, 4.69) is 5.32 Å². The van der Waals surface area contributed by atoms with Gasteiger partial charge in [-0.3, -0.25) is 4.79 Å². The van der Waals surface area contributed by atoms with Crippen molar-refractivity contribution < 1.29 is 14.7 Å². The summed E-state index contributed by atoms with van der Waals surface area (Å²) in [6, 6.07) is 8.34. The van der Waals surface area contributed by atoms with Crippen molar-refractivity contribution in [2.75, 3.05) is 0 Å². The van der Waals surface area contributed by atoms with Gasteiger partial charge in [-0.2, -0.15) is 0 Å². The lowest BCUT2D eigenvalue weighted by Crippen LogP contribution is -2.42. The Labute approximate surface area is 113 Å². The average Bonchev–Trinajstić information content (AvgIpc) is 2.39. The standard InChI is InChI=1S/C15H19NO3/c1-3-7-11(2)14(17)16-13(15(18)19)10-12-8-5-4-6-9-12/h4-9,13H,3,10H2,1-2H3,(H,16,17)(H,18,19)/b11-7-/t13-/m1/s1. The molecule has 1 rings (SSSR count). The number of hydrogen-bond donors (Lipinski definition) is 2. The molecule has 0 saturated carbocycles. The van der Waals surface area contributed by atoms with Gasteiger partial charge in [0.25, 0.3) is 0 Å². The largest absolute Gasteiger partial charge is 0.480 e. The maximum absolute atomic E-state index is 11.8. The Bertz CT molecular complexity index is 466. The summed E-state index contributed by atoms with van der Waals surface area (Å²) in [5.41, 5.74) is 1.43. The highest BCUT2D eigenvalue weighted by molar-refractivity contribution is 5.95. The van der Waals surface area contributed by atoms with Gasteiger partial charge in [-0.05, 0) is 18.9 Å². The van der Waals surface area contributed by atoms with Crippen LogP contribution < -0.4 is 5.32 Å². The average molecular weight is 261 g/mol. The van der Waals surface area contributed by atoms with Crippen molar-refractivity contribution in [1.82, 2.24) is 5.32 Å². The number of rotatable bonds is 6. The zero-order valence-electron chi connectivity index (χ0n) is 11.2. The van der Waals surface area contributed by atoms with Crippen molar-refractivity contribution in [1.29, 1.82) is 0 Å². The second-order valence-corrected chi connectivity index (χ2v) is 4.35. The number of carbonyl (C=O) groups excluding carboxylic acids is 1. The van der Waals surface area contributed by atoms with Crippen LogP contribution in [-0.2, 0) is 16.0 Å². The fourth-order valence-corrected chi connectivity index (χ4v) is 1.72. The van der Waals surface area contributed by atoms with Gasteiger partial charge in [-0.15, -0.1) is 0 Å². The SMILES string of the molecule is CC/C=C(/C)C(=O)N[C@H](Cc1ccccc1)C(=O)O. The Kier molecular flexibility index (Phi) is 5.79. The van der Waals surface area contributed by atoms with E-state index >= 15 is 0 Å². The Morgan fingerprint density at radius 1 is 1.32 bits per heavy atom. The van der Waals surface area contributed by atoms with Gasteiger partial charge in [0.1, 0.15) is 6.04 Å². The van der Waals surface area contributed by atoms with E-state index in [1.807, 2.05) is 37.3 Å². The fourth-order valence-electron chi connectivity index (χ4n) is 1.72. The smallest absolute Gasteiger partial charge is 0.326 e. The molecule has 0 aromatic heterocycles. The molecule has 0 spiro atoms. The van der Waals surface area contributed by atoms with Crippen molar-refractivity contribution in [2.45, 2.75) is 32.7 Å². The van der Waals surface area contributed by atoms with Crippen LogP contribution in [0.5, 0.6) is 0 Å². The third-order valence-electron chi connectivity index (χ3n) is 2.75. The highest BCUT2D eigenvalue weighted by Gasteiger charge is 2.20. The number of carboxylic acids is 1. The summed E-state index contributed by atoms with van der Waals surface area (Å²) in [6.45, 7) is 3.61. The molecule has 4 nitrogen and oxygen atoms in total. The number of benzene rings is 1. The highest BCUT2D eigenvalue weighted by atomic mass is 16.4. The van der Waals surface area contributed by atoms with Crippen molar-refractivity contribution >= 4 is 11.9 Å². The minimum atomic E-state index is -1.03. The van der Waals surface area contributed by atoms with Crippen LogP contribution in [0.4, 0.5) is 0 Å². The molecule has 0 aliphatic heterocycles. The predicted molar refractivity (Wildman–Crippen MR) is 73.8 cm³/mol. The second kappa shape index (κ2) is 7.36. The van der Waals surface area contributed by atoms with Crippen molar-refractivity contribution in [3.05, 3.63) is 47.5 Å². The van der Waals surface area contributed by atoms with E-state index < -0.39 is 12.0 Å². The molecule has 0 unspecified atom stereocenters. The molecule has 1 aromatic rings. The minimum absolute atomic E-state index is 0.279. The van der Waals surface area contributed by atoms with Gasteiger partial charge in [0, 0.05) is 12.0 Å². The molecule has 0 radical (unpaired) electrons. The van der Waals surface area contributed by atoms with E-state index in [1.165, 1.54) is 0 Å². The normalized spacial score (nSPS) is 12.8. The number of allylic oxidation sites excluding steroid dienone is 1. The van der Waals surface area contributed by atoms with Gasteiger partial charge in [0.15, 0.2) is 0 Å². The molecule has 1 atom stereocenters. The van der Waals surface area contributed by atoms with Crippen molar-refractivity contribution in [2.24, 2.45) is 0 Å². The van der Waals surface area contributed by atoms with Crippen LogP contribution in [0, 0.1) is 0 Å². The van der Waals surface area contributed by atoms with Crippen LogP contribution in [0.15, 0.2) is 42.0 Å². The summed E-state index contributed by atoms with van der Waals surface area (Å²) < 4.78 is 0. The number of carbonyl (C=O) groups is 2. The zero-order chi connectivity index (χ0) is 14.3. The van der Waals surface area contributed by atoms with Crippen LogP contribution in [0.3, 0.4) is 0 Å². The molecular weight excluding hydrogens is 242 g/mol. The highest BCUT2D eigenvalue weighted by Crippen LogP contribution is 2.05. The summed E-state index contributed by atoms with van der Waals surface area (Å²) in [7, 11) is 0. The van der Waals surface area contributed by atoms with E-state index in [4.69, 9.17) is 5.11 Å². The van der Waals surface area contributed by atoms with Crippen LogP contribution >= 0.6 is 0 Å². The van der Waals surface area contributed by atoms with Gasteiger partial charge in [0.05, 0.1) is 0 Å². The van der Waals surface area contributed by atoms with Crippen LogP contribution in [-0.4, -0.2) is 23.0 Å². The molecular formula is C15H19NO3. The predicted octanol–water partition coefficient (Wildman–Crippen LogP) is 2.15. The minimum Gasteiger partial charge on any atom is -0.480 e. The van der Waals surface area contributed by atoms with Gasteiger partial charge < -0.3 is 10.4 Å². The van der Waals surface area contributed by atoms with Crippen molar-refractivity contribution in [3.8, 4) is 0 Å². The van der Waals surface area contributed by atoms with E-state index in [0.717, 1.165) is 12.0 Å². The number of amides is 1. The van der Waals surface area contributed by atoms with E-state index in [9.17, 15) is 9.59 Å². The molecule has 0 aliphatic carbocycles. The summed E-state index contributed by atoms with van der Waals surface area (Å²) in [5.74, 6) is -1.35. The van der Waals surface area contributed by atoms with E-state index in [-0.39, 0.29) is 12.3 Å². The summed E-state index contributed by atoms with van der Waals surface area (Å²) in [6.07, 6.45) is 2.80. The Balaban J connectivity index is 2.72. The first kappa shape index (κ1) is 15.0. The molecule has 0 saturated heterocycles. The molecule has 2 N–H and O–H groups in total. The Morgan fingerprint density at radius 3 is 2.47 bits per heavy atom. The molecule has 1 aromatic carbocycles. The fraction of sp³-hybridized carbons (Fsp3) is 0.333. The maximum atomic E-state index is 11.8. The number of nitrogens with one attached hydrogen (secondary N) is 1. The Morgan fingerprint density at radius 2 is 1.95 bits per heavy atom. The van der Waals surface area contributed by atoms with Crippen molar-refractivity contribution in [3.63, 3.8) is 0 Å². The second-order valence-electron chi connectivity index (χ2n) is 4.35. The first-order chi connectivity index (χ1) is 9.04. The summed E-state index contributed by atoms with van der Waals surface area (Å²) in [4.78, 5) is 23.0. The van der Waals surface area contributed by atoms with E-state index in [1.54, 1.807) is 13.0 Å². The molecule has 102 valence electrons. The third-order valence-corrected chi connectivity index (χ3v) is 2.75. The monoisotopic (exact) mass is 261 g/mol. The van der Waals surface area contributed by atoms with Crippen LogP contribution in [0.25, 0.3) is 0 Å². The molecule has 1 amide bonds. The molecule has 4 heteroatoms. The van der Waals surface area contributed by atoms with E-state index in [0.29, 0.717) is 5.57 Å². The lowest BCUT2D eigenvalue weighted by atomic mass is 10.1. The van der Waals surface area contributed by atoms with Crippen LogP contribution in [0.1, 0.15) is 25.8 Å². The first-order valence-electron chi connectivity index (χ1n) is 6.29. The third kappa shape index (κ3) is 4.95. The number of aliphatic carboxylic acids is 1. The van der Waals surface area contributed by atoms with Gasteiger partial charge >= 0.3 is 5.97 Å². The molecule has 0 aliphatic rings. The summed E-state index contributed by atoms with van der Waals surface area (Å²) >= 11 is 0. The maximum Gasteiger partial charge on any atom is 0.326 e. The summed E-state index contributed by atoms with van der Waals surface area (Å²) in [5, 5.41) is 11.7. The first-order valence-corrected chi connectivity index (χ1v) is 6.29. The molecule has 0 fully saturated rings. The topological polar surface area (TPSA) is 66.4 Å². The number of carboxylic acid groups (broad SMARTS) is 1. The lowest BCUT2D eigenvalue weighted by Gasteiger charge is -2.14. The Hall–Kier alpha value is -2.10. The van der Waals surface area contributed by atoms with Gasteiger partial charge in [-0.1, -0.05) is 43.3 Å². The van der Waals surface area contributed by atoms with Gasteiger partial charge in [0.2, 0.25) is 5.91 Å². The quantitative estimate of drug-likeness (QED) is 0.771. The molecule has 0 bridgehead atoms. The molecule has 19 heavy (non-hydrogen) atoms.